The van der Waals surface area contributed by atoms with E-state index in [-0.39, 0.29) is 12.5 Å². The maximum Gasteiger partial charge on any atom is 0.404 e. The van der Waals surface area contributed by atoms with E-state index in [1.165, 1.54) is 0 Å². The fourth-order valence-electron chi connectivity index (χ4n) is 2.97. The van der Waals surface area contributed by atoms with Crippen LogP contribution in [-0.2, 0) is 17.8 Å². The summed E-state index contributed by atoms with van der Waals surface area (Å²) in [5.41, 5.74) is 2.88. The monoisotopic (exact) mass is 385 g/mol. The van der Waals surface area contributed by atoms with E-state index >= 15 is 0 Å². The first-order valence-electron chi connectivity index (χ1n) is 8.57. The summed E-state index contributed by atoms with van der Waals surface area (Å²) in [6.07, 6.45) is 1.14. The molecule has 2 amide bonds. The van der Waals surface area contributed by atoms with E-state index in [9.17, 15) is 9.59 Å². The van der Waals surface area contributed by atoms with Crippen molar-refractivity contribution in [3.05, 3.63) is 70.9 Å². The van der Waals surface area contributed by atoms with Gasteiger partial charge in [0.15, 0.2) is 0 Å². The molecule has 1 atom stereocenters. The van der Waals surface area contributed by atoms with Crippen molar-refractivity contribution in [1.29, 1.82) is 0 Å². The highest BCUT2D eigenvalue weighted by atomic mass is 35.5. The quantitative estimate of drug-likeness (QED) is 0.501. The molecule has 140 valence electrons. The van der Waals surface area contributed by atoms with Gasteiger partial charge in [0.05, 0.1) is 5.92 Å². The topological polar surface area (TPSA) is 94.2 Å². The maximum atomic E-state index is 12.7. The Morgan fingerprint density at radius 2 is 1.81 bits per heavy atom. The van der Waals surface area contributed by atoms with Crippen molar-refractivity contribution in [2.45, 2.75) is 13.0 Å². The average molecular weight is 386 g/mol. The van der Waals surface area contributed by atoms with Crippen molar-refractivity contribution in [1.82, 2.24) is 15.6 Å². The summed E-state index contributed by atoms with van der Waals surface area (Å²) in [7, 11) is 0. The van der Waals surface area contributed by atoms with Gasteiger partial charge in [0.2, 0.25) is 5.91 Å². The number of fused-ring (bicyclic) bond motifs is 1. The van der Waals surface area contributed by atoms with Crippen LogP contribution in [0.15, 0.2) is 54.7 Å². The number of nitrogens with one attached hydrogen (secondary N) is 3. The third kappa shape index (κ3) is 5.01. The molecule has 4 N–H and O–H groups in total. The molecule has 2 aromatic carbocycles. The number of carbonyl (C=O) groups excluding carboxylic acids is 1. The first-order chi connectivity index (χ1) is 13.0. The number of carbonyl (C=O) groups is 2. The molecule has 7 heteroatoms. The van der Waals surface area contributed by atoms with E-state index in [1.54, 1.807) is 12.1 Å². The van der Waals surface area contributed by atoms with Crippen molar-refractivity contribution in [2.75, 3.05) is 6.54 Å². The highest BCUT2D eigenvalue weighted by molar-refractivity contribution is 6.30. The van der Waals surface area contributed by atoms with Crippen molar-refractivity contribution in [3.63, 3.8) is 0 Å². The molecule has 0 aliphatic carbocycles. The molecule has 1 heterocycles. The van der Waals surface area contributed by atoms with E-state index < -0.39 is 12.0 Å². The minimum Gasteiger partial charge on any atom is -0.465 e. The number of halogens is 1. The average Bonchev–Trinajstić information content (AvgIpc) is 3.07. The molecule has 27 heavy (non-hydrogen) atoms. The number of amides is 2. The molecular weight excluding hydrogens is 366 g/mol. The number of para-hydroxylation sites is 1. The summed E-state index contributed by atoms with van der Waals surface area (Å²) in [5, 5.41) is 15.8. The second-order valence-corrected chi connectivity index (χ2v) is 6.73. The summed E-state index contributed by atoms with van der Waals surface area (Å²) in [4.78, 5) is 26.7. The van der Waals surface area contributed by atoms with Gasteiger partial charge in [0.25, 0.3) is 0 Å². The lowest BCUT2D eigenvalue weighted by Gasteiger charge is -2.16. The molecule has 0 fully saturated rings. The van der Waals surface area contributed by atoms with Crippen molar-refractivity contribution in [2.24, 2.45) is 5.92 Å². The first kappa shape index (κ1) is 18.8. The van der Waals surface area contributed by atoms with Gasteiger partial charge in [-0.3, -0.25) is 4.79 Å². The Balaban J connectivity index is 1.70. The van der Waals surface area contributed by atoms with E-state index in [2.05, 4.69) is 15.6 Å². The summed E-state index contributed by atoms with van der Waals surface area (Å²) >= 11 is 5.87. The zero-order valence-corrected chi connectivity index (χ0v) is 15.3. The zero-order chi connectivity index (χ0) is 19.2. The summed E-state index contributed by atoms with van der Waals surface area (Å²) in [5.74, 6) is -0.725. The number of carboxylic acid groups (broad SMARTS) is 1. The number of H-pyrrole nitrogens is 1. The molecule has 1 unspecified atom stereocenters. The van der Waals surface area contributed by atoms with Crippen LogP contribution in [-0.4, -0.2) is 28.6 Å². The number of rotatable bonds is 7. The molecule has 0 radical (unpaired) electrons. The Bertz CT molecular complexity index is 937. The number of benzene rings is 2. The van der Waals surface area contributed by atoms with Gasteiger partial charge in [0, 0.05) is 35.2 Å². The lowest BCUT2D eigenvalue weighted by Crippen LogP contribution is -2.39. The summed E-state index contributed by atoms with van der Waals surface area (Å²) < 4.78 is 0. The zero-order valence-electron chi connectivity index (χ0n) is 14.5. The van der Waals surface area contributed by atoms with E-state index in [0.29, 0.717) is 18.0 Å². The van der Waals surface area contributed by atoms with Crippen molar-refractivity contribution in [3.8, 4) is 0 Å². The Labute approximate surface area is 161 Å². The number of hydrogen-bond donors (Lipinski definition) is 4. The highest BCUT2D eigenvalue weighted by Gasteiger charge is 2.21. The predicted molar refractivity (Wildman–Crippen MR) is 105 cm³/mol. The van der Waals surface area contributed by atoms with Crippen LogP contribution in [0.3, 0.4) is 0 Å². The lowest BCUT2D eigenvalue weighted by molar-refractivity contribution is -0.124. The third-order valence-corrected chi connectivity index (χ3v) is 4.64. The van der Waals surface area contributed by atoms with Gasteiger partial charge in [-0.1, -0.05) is 41.9 Å². The Morgan fingerprint density at radius 3 is 2.56 bits per heavy atom. The molecule has 0 aliphatic rings. The maximum absolute atomic E-state index is 12.7. The molecule has 3 aromatic rings. The molecule has 1 aromatic heterocycles. The van der Waals surface area contributed by atoms with E-state index in [4.69, 9.17) is 16.7 Å². The fourth-order valence-corrected chi connectivity index (χ4v) is 3.10. The normalized spacial score (nSPS) is 11.9. The Morgan fingerprint density at radius 1 is 1.07 bits per heavy atom. The highest BCUT2D eigenvalue weighted by Crippen LogP contribution is 2.21. The molecule has 6 nitrogen and oxygen atoms in total. The van der Waals surface area contributed by atoms with Crippen LogP contribution in [0.5, 0.6) is 0 Å². The minimum atomic E-state index is -1.15. The van der Waals surface area contributed by atoms with Crippen molar-refractivity contribution >= 4 is 34.5 Å². The van der Waals surface area contributed by atoms with Crippen LogP contribution in [0.4, 0.5) is 4.79 Å². The lowest BCUT2D eigenvalue weighted by atomic mass is 9.97. The van der Waals surface area contributed by atoms with Gasteiger partial charge >= 0.3 is 6.09 Å². The fraction of sp³-hybridized carbons (Fsp3) is 0.200. The number of aromatic nitrogens is 1. The van der Waals surface area contributed by atoms with Gasteiger partial charge in [-0.25, -0.2) is 4.79 Å². The molecule has 0 aliphatic heterocycles. The van der Waals surface area contributed by atoms with E-state index in [0.717, 1.165) is 22.0 Å². The van der Waals surface area contributed by atoms with Crippen LogP contribution in [0.2, 0.25) is 5.02 Å². The molecular formula is C20H20ClN3O3. The molecule has 0 saturated carbocycles. The molecule has 0 saturated heterocycles. The first-order valence-corrected chi connectivity index (χ1v) is 8.94. The summed E-state index contributed by atoms with van der Waals surface area (Å²) in [6.45, 7) is 0.398. The van der Waals surface area contributed by atoms with Crippen molar-refractivity contribution < 1.29 is 14.7 Å². The van der Waals surface area contributed by atoms with Crippen LogP contribution in [0, 0.1) is 5.92 Å². The smallest absolute Gasteiger partial charge is 0.404 e. The number of aromatic amines is 1. The Kier molecular flexibility index (Phi) is 5.98. The SMILES string of the molecule is O=C(O)NCC(Cc1c[nH]c2ccccc12)C(=O)NCc1ccc(Cl)cc1. The second-order valence-electron chi connectivity index (χ2n) is 6.29. The number of hydrogen-bond acceptors (Lipinski definition) is 2. The minimum absolute atomic E-state index is 0.0429. The molecule has 0 bridgehead atoms. The van der Waals surface area contributed by atoms with Gasteiger partial charge in [-0.15, -0.1) is 0 Å². The van der Waals surface area contributed by atoms with Gasteiger partial charge in [0.1, 0.15) is 0 Å². The second kappa shape index (κ2) is 8.60. The van der Waals surface area contributed by atoms with E-state index in [1.807, 2.05) is 42.6 Å². The van der Waals surface area contributed by atoms with Gasteiger partial charge < -0.3 is 20.7 Å². The Hall–Kier alpha value is -2.99. The molecule has 0 spiro atoms. The predicted octanol–water partition coefficient (Wildman–Crippen LogP) is 3.56. The third-order valence-electron chi connectivity index (χ3n) is 4.39. The van der Waals surface area contributed by atoms with Gasteiger partial charge in [-0.05, 0) is 35.7 Å². The molecule has 3 rings (SSSR count). The van der Waals surface area contributed by atoms with Crippen LogP contribution >= 0.6 is 11.6 Å². The summed E-state index contributed by atoms with van der Waals surface area (Å²) in [6, 6.07) is 15.0. The van der Waals surface area contributed by atoms with Crippen LogP contribution in [0.25, 0.3) is 10.9 Å². The van der Waals surface area contributed by atoms with Crippen LogP contribution in [0.1, 0.15) is 11.1 Å². The van der Waals surface area contributed by atoms with Crippen LogP contribution < -0.4 is 10.6 Å². The van der Waals surface area contributed by atoms with Gasteiger partial charge in [-0.2, -0.15) is 0 Å². The largest absolute Gasteiger partial charge is 0.465 e. The standard InChI is InChI=1S/C20H20ClN3O3/c21-16-7-5-13(6-8-16)10-23-19(25)15(12-24-20(26)27)9-14-11-22-18-4-2-1-3-17(14)18/h1-8,11,15,22,24H,9-10,12H2,(H,23,25)(H,26,27).